The Bertz CT molecular complexity index is 850. The number of nitrogens with zero attached hydrogens (tertiary/aromatic N) is 2. The molecule has 1 aliphatic heterocycles. The van der Waals surface area contributed by atoms with Crippen LogP contribution in [0.25, 0.3) is 0 Å². The van der Waals surface area contributed by atoms with E-state index in [1.807, 2.05) is 37.3 Å². The summed E-state index contributed by atoms with van der Waals surface area (Å²) in [7, 11) is 0. The Labute approximate surface area is 187 Å². The molecule has 0 spiro atoms. The number of benzene rings is 2. The lowest BCUT2D eigenvalue weighted by Crippen LogP contribution is -2.52. The van der Waals surface area contributed by atoms with Crippen LogP contribution in [0.2, 0.25) is 10.0 Å². The number of halogens is 2. The number of likely N-dealkylation sites (N-methyl/N-ethyl adjacent to an activating group) is 1. The second-order valence-electron chi connectivity index (χ2n) is 7.23. The van der Waals surface area contributed by atoms with Crippen LogP contribution in [-0.4, -0.2) is 60.9 Å². The fourth-order valence-electron chi connectivity index (χ4n) is 3.64. The van der Waals surface area contributed by atoms with Gasteiger partial charge >= 0.3 is 0 Å². The lowest BCUT2D eigenvalue weighted by atomic mass is 10.0. The number of rotatable bonds is 7. The molecular formula is C22H26Cl2N4O2. The van der Waals surface area contributed by atoms with E-state index in [1.54, 1.807) is 18.2 Å². The maximum absolute atomic E-state index is 13.3. The molecule has 0 bridgehead atoms. The third-order valence-electron chi connectivity index (χ3n) is 5.01. The summed E-state index contributed by atoms with van der Waals surface area (Å²) in [6.45, 7) is 5.72. The van der Waals surface area contributed by atoms with Gasteiger partial charge in [-0.3, -0.25) is 19.4 Å². The first-order chi connectivity index (χ1) is 14.5. The van der Waals surface area contributed by atoms with Crippen LogP contribution in [0.3, 0.4) is 0 Å². The Morgan fingerprint density at radius 3 is 2.23 bits per heavy atom. The van der Waals surface area contributed by atoms with Gasteiger partial charge in [0.2, 0.25) is 11.8 Å². The standard InChI is InChI=1S/C22H26Cl2N4O2/c1-2-25-20(29)15-27-8-10-28(11-9-27)21(16-6-4-3-5-7-16)22(30)26-19-13-17(23)12-18(24)14-19/h3-7,12-14,21H,2,8-11,15H2,1H3,(H,25,29)(H,26,30). The largest absolute Gasteiger partial charge is 0.355 e. The van der Waals surface area contributed by atoms with Gasteiger partial charge in [0.15, 0.2) is 0 Å². The van der Waals surface area contributed by atoms with Crippen LogP contribution in [-0.2, 0) is 9.59 Å². The van der Waals surface area contributed by atoms with Gasteiger partial charge in [-0.1, -0.05) is 53.5 Å². The molecule has 2 amide bonds. The van der Waals surface area contributed by atoms with E-state index in [1.165, 1.54) is 0 Å². The number of amides is 2. The molecule has 2 aromatic carbocycles. The predicted octanol–water partition coefficient (Wildman–Crippen LogP) is 3.43. The lowest BCUT2D eigenvalue weighted by molar-refractivity contribution is -0.125. The molecular weight excluding hydrogens is 423 g/mol. The molecule has 0 aromatic heterocycles. The van der Waals surface area contributed by atoms with E-state index < -0.39 is 6.04 Å². The molecule has 1 aliphatic rings. The molecule has 2 N–H and O–H groups in total. The smallest absolute Gasteiger partial charge is 0.246 e. The maximum Gasteiger partial charge on any atom is 0.246 e. The zero-order valence-electron chi connectivity index (χ0n) is 16.9. The number of piperazine rings is 1. The molecule has 1 saturated heterocycles. The summed E-state index contributed by atoms with van der Waals surface area (Å²) in [6.07, 6.45) is 0. The first-order valence-corrected chi connectivity index (χ1v) is 10.8. The van der Waals surface area contributed by atoms with E-state index in [9.17, 15) is 9.59 Å². The number of carbonyl (C=O) groups excluding carboxylic acids is 2. The van der Waals surface area contributed by atoms with Gasteiger partial charge in [-0.15, -0.1) is 0 Å². The third kappa shape index (κ3) is 6.19. The first kappa shape index (κ1) is 22.6. The van der Waals surface area contributed by atoms with Gasteiger partial charge in [0.25, 0.3) is 0 Å². The fourth-order valence-corrected chi connectivity index (χ4v) is 4.16. The number of hydrogen-bond acceptors (Lipinski definition) is 4. The maximum atomic E-state index is 13.3. The quantitative estimate of drug-likeness (QED) is 0.680. The number of carbonyl (C=O) groups is 2. The van der Waals surface area contributed by atoms with Gasteiger partial charge in [-0.25, -0.2) is 0 Å². The molecule has 1 heterocycles. The van der Waals surface area contributed by atoms with Crippen LogP contribution in [0.4, 0.5) is 5.69 Å². The van der Waals surface area contributed by atoms with E-state index >= 15 is 0 Å². The summed E-state index contributed by atoms with van der Waals surface area (Å²) in [5.74, 6) is -0.113. The highest BCUT2D eigenvalue weighted by molar-refractivity contribution is 6.35. The average Bonchev–Trinajstić information content (AvgIpc) is 2.70. The molecule has 0 radical (unpaired) electrons. The monoisotopic (exact) mass is 448 g/mol. The van der Waals surface area contributed by atoms with E-state index in [-0.39, 0.29) is 11.8 Å². The summed E-state index contributed by atoms with van der Waals surface area (Å²) in [6, 6.07) is 14.2. The van der Waals surface area contributed by atoms with Crippen LogP contribution in [0.15, 0.2) is 48.5 Å². The highest BCUT2D eigenvalue weighted by atomic mass is 35.5. The summed E-state index contributed by atoms with van der Waals surface area (Å²) in [4.78, 5) is 29.4. The van der Waals surface area contributed by atoms with Gasteiger partial charge in [-0.05, 0) is 30.7 Å². The molecule has 30 heavy (non-hydrogen) atoms. The van der Waals surface area contributed by atoms with Gasteiger partial charge in [0.1, 0.15) is 6.04 Å². The van der Waals surface area contributed by atoms with Gasteiger partial charge < -0.3 is 10.6 Å². The molecule has 6 nitrogen and oxygen atoms in total. The number of hydrogen-bond donors (Lipinski definition) is 2. The van der Waals surface area contributed by atoms with Crippen molar-refractivity contribution >= 4 is 40.7 Å². The van der Waals surface area contributed by atoms with Crippen molar-refractivity contribution in [3.8, 4) is 0 Å². The minimum Gasteiger partial charge on any atom is -0.355 e. The molecule has 8 heteroatoms. The van der Waals surface area contributed by atoms with Crippen LogP contribution in [0, 0.1) is 0 Å². The zero-order chi connectivity index (χ0) is 21.5. The molecule has 0 aliphatic carbocycles. The van der Waals surface area contributed by atoms with Crippen LogP contribution < -0.4 is 10.6 Å². The zero-order valence-corrected chi connectivity index (χ0v) is 18.4. The Hall–Kier alpha value is -2.12. The molecule has 1 unspecified atom stereocenters. The second-order valence-corrected chi connectivity index (χ2v) is 8.10. The van der Waals surface area contributed by atoms with E-state index in [0.29, 0.717) is 41.9 Å². The molecule has 160 valence electrons. The summed E-state index contributed by atoms with van der Waals surface area (Å²) >= 11 is 12.1. The highest BCUT2D eigenvalue weighted by Gasteiger charge is 2.31. The van der Waals surface area contributed by atoms with Crippen molar-refractivity contribution in [1.29, 1.82) is 0 Å². The molecule has 1 atom stereocenters. The van der Waals surface area contributed by atoms with E-state index in [4.69, 9.17) is 23.2 Å². The Morgan fingerprint density at radius 2 is 1.63 bits per heavy atom. The Kier molecular flexibility index (Phi) is 8.10. The van der Waals surface area contributed by atoms with Gasteiger partial charge in [0, 0.05) is 48.5 Å². The lowest BCUT2D eigenvalue weighted by Gasteiger charge is -2.38. The number of anilines is 1. The highest BCUT2D eigenvalue weighted by Crippen LogP contribution is 2.27. The van der Waals surface area contributed by atoms with E-state index in [2.05, 4.69) is 20.4 Å². The summed E-state index contributed by atoms with van der Waals surface area (Å²) in [5.41, 5.74) is 1.48. The topological polar surface area (TPSA) is 64.7 Å². The molecule has 0 saturated carbocycles. The van der Waals surface area contributed by atoms with Crippen molar-refractivity contribution in [2.24, 2.45) is 0 Å². The summed E-state index contributed by atoms with van der Waals surface area (Å²) < 4.78 is 0. The minimum absolute atomic E-state index is 0.0288. The van der Waals surface area contributed by atoms with Crippen molar-refractivity contribution in [2.75, 3.05) is 44.6 Å². The van der Waals surface area contributed by atoms with Crippen molar-refractivity contribution in [3.05, 3.63) is 64.1 Å². The SMILES string of the molecule is CCNC(=O)CN1CCN(C(C(=O)Nc2cc(Cl)cc(Cl)c2)c2ccccc2)CC1. The number of nitrogens with one attached hydrogen (secondary N) is 2. The average molecular weight is 449 g/mol. The second kappa shape index (κ2) is 10.8. The molecule has 3 rings (SSSR count). The third-order valence-corrected chi connectivity index (χ3v) is 5.44. The molecule has 2 aromatic rings. The summed E-state index contributed by atoms with van der Waals surface area (Å²) in [5, 5.41) is 6.71. The Balaban J connectivity index is 1.72. The van der Waals surface area contributed by atoms with Gasteiger partial charge in [-0.2, -0.15) is 0 Å². The fraction of sp³-hybridized carbons (Fsp3) is 0.364. The molecule has 1 fully saturated rings. The first-order valence-electron chi connectivity index (χ1n) is 10.0. The predicted molar refractivity (Wildman–Crippen MR) is 121 cm³/mol. The minimum atomic E-state index is -0.449. The van der Waals surface area contributed by atoms with E-state index in [0.717, 1.165) is 18.7 Å². The van der Waals surface area contributed by atoms with Crippen molar-refractivity contribution in [3.63, 3.8) is 0 Å². The van der Waals surface area contributed by atoms with Crippen molar-refractivity contribution in [2.45, 2.75) is 13.0 Å². The van der Waals surface area contributed by atoms with Gasteiger partial charge in [0.05, 0.1) is 6.54 Å². The normalized spacial score (nSPS) is 16.1. The van der Waals surface area contributed by atoms with Crippen LogP contribution >= 0.6 is 23.2 Å². The van der Waals surface area contributed by atoms with Crippen molar-refractivity contribution < 1.29 is 9.59 Å². The Morgan fingerprint density at radius 1 is 1.00 bits per heavy atom. The van der Waals surface area contributed by atoms with Crippen LogP contribution in [0.1, 0.15) is 18.5 Å². The van der Waals surface area contributed by atoms with Crippen molar-refractivity contribution in [1.82, 2.24) is 15.1 Å². The van der Waals surface area contributed by atoms with Crippen LogP contribution in [0.5, 0.6) is 0 Å².